The van der Waals surface area contributed by atoms with Crippen molar-refractivity contribution in [3.8, 4) is 17.0 Å². The largest absolute Gasteiger partial charge is 0.465 e. The molecule has 122 valence electrons. The van der Waals surface area contributed by atoms with Gasteiger partial charge in [-0.25, -0.2) is 4.98 Å². The topological polar surface area (TPSA) is 63.1 Å². The van der Waals surface area contributed by atoms with E-state index in [0.717, 1.165) is 33.2 Å². The number of hydrogen-bond donors (Lipinski definition) is 2. The number of hydrogen-bond acceptors (Lipinski definition) is 3. The number of H-pyrrole nitrogens is 1. The number of rotatable bonds is 4. The number of aryl methyl sites for hydroxylation is 1. The molecule has 0 bridgehead atoms. The van der Waals surface area contributed by atoms with E-state index in [2.05, 4.69) is 26.8 Å². The van der Waals surface area contributed by atoms with Crippen molar-refractivity contribution in [2.45, 2.75) is 19.6 Å². The fraction of sp³-hybridized carbons (Fsp3) is 0.211. The molecule has 0 amide bonds. The molecule has 24 heavy (non-hydrogen) atoms. The fourth-order valence-electron chi connectivity index (χ4n) is 3.00. The number of fused-ring (bicyclic) bond motifs is 2. The van der Waals surface area contributed by atoms with Crippen molar-refractivity contribution >= 4 is 21.9 Å². The second-order valence-electron chi connectivity index (χ2n) is 5.94. The van der Waals surface area contributed by atoms with Crippen LogP contribution in [0.25, 0.3) is 33.2 Å². The summed E-state index contributed by atoms with van der Waals surface area (Å²) in [6.07, 6.45) is 3.64. The number of benzene rings is 1. The SMILES string of the molecule is CCC(O)Oc1ccc2c(c1)c(-c1cc3cccnc3[nH]1)cn2C. The number of aliphatic hydroxyl groups excluding tert-OH is 1. The van der Waals surface area contributed by atoms with Crippen LogP contribution in [-0.2, 0) is 7.05 Å². The van der Waals surface area contributed by atoms with E-state index in [-0.39, 0.29) is 0 Å². The summed E-state index contributed by atoms with van der Waals surface area (Å²) in [5, 5.41) is 11.9. The lowest BCUT2D eigenvalue weighted by Crippen LogP contribution is -2.13. The first-order valence-corrected chi connectivity index (χ1v) is 8.03. The van der Waals surface area contributed by atoms with Crippen LogP contribution in [0.4, 0.5) is 0 Å². The average molecular weight is 321 g/mol. The molecule has 0 saturated carbocycles. The minimum atomic E-state index is -0.785. The van der Waals surface area contributed by atoms with Crippen LogP contribution in [0.1, 0.15) is 13.3 Å². The van der Waals surface area contributed by atoms with Gasteiger partial charge in [-0.05, 0) is 36.4 Å². The summed E-state index contributed by atoms with van der Waals surface area (Å²) < 4.78 is 7.64. The van der Waals surface area contributed by atoms with Gasteiger partial charge in [0, 0.05) is 53.4 Å². The number of aliphatic hydroxyl groups is 1. The molecule has 3 aromatic heterocycles. The number of aromatic nitrogens is 3. The maximum absolute atomic E-state index is 9.73. The lowest BCUT2D eigenvalue weighted by Gasteiger charge is -2.11. The highest BCUT2D eigenvalue weighted by Gasteiger charge is 2.13. The highest BCUT2D eigenvalue weighted by molar-refractivity contribution is 5.98. The Hall–Kier alpha value is -2.79. The minimum absolute atomic E-state index is 0.549. The van der Waals surface area contributed by atoms with Gasteiger partial charge in [0.2, 0.25) is 0 Å². The van der Waals surface area contributed by atoms with Gasteiger partial charge in [0.25, 0.3) is 0 Å². The highest BCUT2D eigenvalue weighted by Crippen LogP contribution is 2.33. The first-order valence-electron chi connectivity index (χ1n) is 8.03. The van der Waals surface area contributed by atoms with Gasteiger partial charge in [0.15, 0.2) is 6.29 Å². The average Bonchev–Trinajstić information content (AvgIpc) is 3.15. The van der Waals surface area contributed by atoms with Crippen LogP contribution in [0.5, 0.6) is 5.75 Å². The molecule has 4 rings (SSSR count). The van der Waals surface area contributed by atoms with Gasteiger partial charge < -0.3 is 19.4 Å². The number of nitrogens with one attached hydrogen (secondary N) is 1. The van der Waals surface area contributed by atoms with Gasteiger partial charge in [0.05, 0.1) is 0 Å². The molecule has 1 atom stereocenters. The third kappa shape index (κ3) is 2.43. The van der Waals surface area contributed by atoms with E-state index in [1.165, 1.54) is 0 Å². The highest BCUT2D eigenvalue weighted by atomic mass is 16.6. The molecular weight excluding hydrogens is 302 g/mol. The molecule has 5 nitrogen and oxygen atoms in total. The summed E-state index contributed by atoms with van der Waals surface area (Å²) in [6.45, 7) is 1.88. The first kappa shape index (κ1) is 14.8. The van der Waals surface area contributed by atoms with Gasteiger partial charge >= 0.3 is 0 Å². The fourth-order valence-corrected chi connectivity index (χ4v) is 3.00. The van der Waals surface area contributed by atoms with Crippen molar-refractivity contribution in [2.24, 2.45) is 7.05 Å². The Balaban J connectivity index is 1.86. The van der Waals surface area contributed by atoms with Crippen molar-refractivity contribution in [1.29, 1.82) is 0 Å². The molecule has 0 aliphatic carbocycles. The number of aromatic amines is 1. The van der Waals surface area contributed by atoms with Gasteiger partial charge in [-0.3, -0.25) is 0 Å². The molecule has 0 spiro atoms. The van der Waals surface area contributed by atoms with Crippen molar-refractivity contribution in [3.05, 3.63) is 48.8 Å². The van der Waals surface area contributed by atoms with Gasteiger partial charge in [0.1, 0.15) is 11.4 Å². The van der Waals surface area contributed by atoms with Crippen LogP contribution in [0.15, 0.2) is 48.8 Å². The molecule has 1 aromatic carbocycles. The van der Waals surface area contributed by atoms with Crippen molar-refractivity contribution in [2.75, 3.05) is 0 Å². The first-order chi connectivity index (χ1) is 11.7. The molecule has 0 saturated heterocycles. The maximum Gasteiger partial charge on any atom is 0.197 e. The lowest BCUT2D eigenvalue weighted by atomic mass is 10.1. The van der Waals surface area contributed by atoms with E-state index in [1.807, 2.05) is 44.3 Å². The summed E-state index contributed by atoms with van der Waals surface area (Å²) in [7, 11) is 2.02. The Morgan fingerprint density at radius 3 is 2.96 bits per heavy atom. The molecular formula is C19H19N3O2. The van der Waals surface area contributed by atoms with Crippen molar-refractivity contribution < 1.29 is 9.84 Å². The van der Waals surface area contributed by atoms with Crippen molar-refractivity contribution in [3.63, 3.8) is 0 Å². The van der Waals surface area contributed by atoms with Crippen LogP contribution in [-0.4, -0.2) is 25.9 Å². The Bertz CT molecular complexity index is 983. The van der Waals surface area contributed by atoms with E-state index in [9.17, 15) is 5.11 Å². The summed E-state index contributed by atoms with van der Waals surface area (Å²) >= 11 is 0. The Morgan fingerprint density at radius 2 is 2.17 bits per heavy atom. The summed E-state index contributed by atoms with van der Waals surface area (Å²) in [5.74, 6) is 0.665. The number of nitrogens with zero attached hydrogens (tertiary/aromatic N) is 2. The second-order valence-corrected chi connectivity index (χ2v) is 5.94. The Kier molecular flexibility index (Phi) is 3.50. The molecule has 2 N–H and O–H groups in total. The van der Waals surface area contributed by atoms with E-state index in [1.54, 1.807) is 6.20 Å². The van der Waals surface area contributed by atoms with Crippen LogP contribution in [0, 0.1) is 0 Å². The molecule has 3 heterocycles. The Morgan fingerprint density at radius 1 is 1.29 bits per heavy atom. The Labute approximate surface area is 139 Å². The van der Waals surface area contributed by atoms with Crippen LogP contribution >= 0.6 is 0 Å². The zero-order valence-electron chi connectivity index (χ0n) is 13.7. The molecule has 5 heteroatoms. The zero-order valence-corrected chi connectivity index (χ0v) is 13.7. The normalized spacial score (nSPS) is 12.8. The van der Waals surface area contributed by atoms with Crippen LogP contribution in [0.2, 0.25) is 0 Å². The summed E-state index contributed by atoms with van der Waals surface area (Å²) in [6, 6.07) is 11.9. The van der Waals surface area contributed by atoms with Gasteiger partial charge in [-0.1, -0.05) is 6.92 Å². The summed E-state index contributed by atoms with van der Waals surface area (Å²) in [4.78, 5) is 7.74. The second kappa shape index (κ2) is 5.69. The van der Waals surface area contributed by atoms with E-state index < -0.39 is 6.29 Å². The maximum atomic E-state index is 9.73. The van der Waals surface area contributed by atoms with E-state index in [4.69, 9.17) is 4.74 Å². The van der Waals surface area contributed by atoms with E-state index in [0.29, 0.717) is 12.2 Å². The monoisotopic (exact) mass is 321 g/mol. The van der Waals surface area contributed by atoms with Gasteiger partial charge in [-0.2, -0.15) is 0 Å². The molecule has 0 aliphatic rings. The third-order valence-electron chi connectivity index (χ3n) is 4.26. The lowest BCUT2D eigenvalue weighted by molar-refractivity contribution is -0.0190. The molecule has 0 fully saturated rings. The standard InChI is InChI=1S/C19H19N3O2/c1-3-18(23)24-13-6-7-17-14(10-13)15(11-22(17)2)16-9-12-5-4-8-20-19(12)21-16/h4-11,18,23H,3H2,1-2H3,(H,20,21). The number of ether oxygens (including phenoxy) is 1. The predicted octanol–water partition coefficient (Wildman–Crippen LogP) is 3.83. The molecule has 0 radical (unpaired) electrons. The molecule has 0 aliphatic heterocycles. The smallest absolute Gasteiger partial charge is 0.197 e. The molecule has 1 unspecified atom stereocenters. The van der Waals surface area contributed by atoms with Crippen molar-refractivity contribution in [1.82, 2.24) is 14.5 Å². The van der Waals surface area contributed by atoms with Crippen LogP contribution < -0.4 is 4.74 Å². The number of pyridine rings is 1. The van der Waals surface area contributed by atoms with Crippen LogP contribution in [0.3, 0.4) is 0 Å². The zero-order chi connectivity index (χ0) is 16.7. The third-order valence-corrected chi connectivity index (χ3v) is 4.26. The van der Waals surface area contributed by atoms with E-state index >= 15 is 0 Å². The predicted molar refractivity (Wildman–Crippen MR) is 94.9 cm³/mol. The summed E-state index contributed by atoms with van der Waals surface area (Å²) in [5.41, 5.74) is 4.08. The van der Waals surface area contributed by atoms with Gasteiger partial charge in [-0.15, -0.1) is 0 Å². The molecule has 4 aromatic rings. The minimum Gasteiger partial charge on any atom is -0.465 e. The quantitative estimate of drug-likeness (QED) is 0.562.